The minimum Gasteiger partial charge on any atom is -0.490 e. The van der Waals surface area contributed by atoms with Gasteiger partial charge in [0.25, 0.3) is 0 Å². The lowest BCUT2D eigenvalue weighted by Gasteiger charge is -2.29. The van der Waals surface area contributed by atoms with Gasteiger partial charge in [-0.2, -0.15) is 0 Å². The lowest BCUT2D eigenvalue weighted by atomic mass is 9.93. The van der Waals surface area contributed by atoms with Crippen LogP contribution in [-0.2, 0) is 4.74 Å². The quantitative estimate of drug-likeness (QED) is 0.612. The maximum Gasteiger partial charge on any atom is 0.129 e. The Morgan fingerprint density at radius 2 is 2.14 bits per heavy atom. The zero-order chi connectivity index (χ0) is 10.3. The van der Waals surface area contributed by atoms with Gasteiger partial charge in [-0.1, -0.05) is 25.1 Å². The minimum absolute atomic E-state index is 0.112. The monoisotopic (exact) mass is 209 g/mol. The molecule has 0 radical (unpaired) electrons. The number of pyridine rings is 1. The van der Waals surface area contributed by atoms with Crippen molar-refractivity contribution in [2.75, 3.05) is 0 Å². The molecular weight excluding hydrogens is 198 g/mol. The topological polar surface area (TPSA) is 22.1 Å². The summed E-state index contributed by atoms with van der Waals surface area (Å²) >= 11 is 5.86. The molecule has 2 rings (SSSR count). The molecule has 1 aliphatic rings. The molecule has 1 aliphatic heterocycles. The molecule has 0 N–H and O–H groups in total. The average Bonchev–Trinajstić information content (AvgIpc) is 2.14. The molecule has 2 nitrogen and oxygen atoms in total. The predicted molar refractivity (Wildman–Crippen MR) is 57.2 cm³/mol. The molecule has 2 heterocycles. The van der Waals surface area contributed by atoms with Crippen LogP contribution in [0.25, 0.3) is 5.76 Å². The van der Waals surface area contributed by atoms with Gasteiger partial charge in [0.1, 0.15) is 17.0 Å². The average molecular weight is 210 g/mol. The van der Waals surface area contributed by atoms with E-state index in [1.54, 1.807) is 6.07 Å². The summed E-state index contributed by atoms with van der Waals surface area (Å²) in [5, 5.41) is 0.525. The molecule has 3 heteroatoms. The van der Waals surface area contributed by atoms with Crippen molar-refractivity contribution < 1.29 is 4.74 Å². The second-order valence-corrected chi connectivity index (χ2v) is 3.99. The summed E-state index contributed by atoms with van der Waals surface area (Å²) in [6.07, 6.45) is 0.112. The number of ether oxygens (including phenoxy) is 1. The predicted octanol–water partition coefficient (Wildman–Crippen LogP) is 3.23. The van der Waals surface area contributed by atoms with Crippen molar-refractivity contribution in [2.45, 2.75) is 25.9 Å². The summed E-state index contributed by atoms with van der Waals surface area (Å²) < 4.78 is 5.59. The molecular formula is C11H12ClNO. The Labute approximate surface area is 88.6 Å². The highest BCUT2D eigenvalue weighted by molar-refractivity contribution is 6.29. The molecule has 0 bridgehead atoms. The van der Waals surface area contributed by atoms with Gasteiger partial charge in [-0.15, -0.1) is 0 Å². The van der Waals surface area contributed by atoms with Gasteiger partial charge >= 0.3 is 0 Å². The minimum atomic E-state index is 0.112. The number of aromatic nitrogens is 1. The van der Waals surface area contributed by atoms with Crippen molar-refractivity contribution in [1.82, 2.24) is 4.98 Å². The van der Waals surface area contributed by atoms with Crippen LogP contribution in [0.3, 0.4) is 0 Å². The highest BCUT2D eigenvalue weighted by atomic mass is 35.5. The number of halogens is 1. The third-order valence-electron chi connectivity index (χ3n) is 2.65. The van der Waals surface area contributed by atoms with Gasteiger partial charge in [0.05, 0.1) is 5.69 Å². The Kier molecular flexibility index (Phi) is 2.23. The molecule has 0 spiro atoms. The van der Waals surface area contributed by atoms with E-state index in [4.69, 9.17) is 16.3 Å². The van der Waals surface area contributed by atoms with E-state index in [0.717, 1.165) is 11.3 Å². The van der Waals surface area contributed by atoms with E-state index in [-0.39, 0.29) is 12.0 Å². The molecule has 74 valence electrons. The Hall–Kier alpha value is -1.02. The van der Waals surface area contributed by atoms with E-state index in [2.05, 4.69) is 18.5 Å². The number of nitrogens with zero attached hydrogens (tertiary/aromatic N) is 1. The highest BCUT2D eigenvalue weighted by Gasteiger charge is 2.27. The Bertz CT molecular complexity index is 389. The fraction of sp³-hybridized carbons (Fsp3) is 0.364. The summed E-state index contributed by atoms with van der Waals surface area (Å²) in [4.78, 5) is 4.32. The van der Waals surface area contributed by atoms with Gasteiger partial charge in [-0.3, -0.25) is 0 Å². The second kappa shape index (κ2) is 3.28. The van der Waals surface area contributed by atoms with Gasteiger partial charge in [0.15, 0.2) is 0 Å². The fourth-order valence-corrected chi connectivity index (χ4v) is 1.80. The zero-order valence-corrected chi connectivity index (χ0v) is 9.01. The third-order valence-corrected chi connectivity index (χ3v) is 2.87. The summed E-state index contributed by atoms with van der Waals surface area (Å²) in [5.41, 5.74) is 1.96. The van der Waals surface area contributed by atoms with E-state index in [9.17, 15) is 0 Å². The molecule has 2 atom stereocenters. The van der Waals surface area contributed by atoms with Crippen molar-refractivity contribution >= 4 is 17.4 Å². The zero-order valence-electron chi connectivity index (χ0n) is 8.25. The van der Waals surface area contributed by atoms with Crippen molar-refractivity contribution in [1.29, 1.82) is 0 Å². The van der Waals surface area contributed by atoms with Crippen LogP contribution in [0.1, 0.15) is 31.0 Å². The molecule has 1 aromatic rings. The SMILES string of the molecule is C=C1O[C@H](C)[C@@H](C)c2nc(Cl)ccc21. The summed E-state index contributed by atoms with van der Waals surface area (Å²) in [6, 6.07) is 3.67. The summed E-state index contributed by atoms with van der Waals surface area (Å²) in [7, 11) is 0. The van der Waals surface area contributed by atoms with Crippen LogP contribution >= 0.6 is 11.6 Å². The van der Waals surface area contributed by atoms with Crippen LogP contribution < -0.4 is 0 Å². The first-order valence-electron chi connectivity index (χ1n) is 4.62. The van der Waals surface area contributed by atoms with E-state index in [0.29, 0.717) is 10.9 Å². The molecule has 0 aromatic carbocycles. The maximum atomic E-state index is 5.86. The Balaban J connectivity index is 2.56. The van der Waals surface area contributed by atoms with E-state index in [1.165, 1.54) is 0 Å². The first-order chi connectivity index (χ1) is 6.59. The Morgan fingerprint density at radius 3 is 2.86 bits per heavy atom. The molecule has 0 unspecified atom stereocenters. The smallest absolute Gasteiger partial charge is 0.129 e. The largest absolute Gasteiger partial charge is 0.490 e. The molecule has 0 aliphatic carbocycles. The standard InChI is InChI=1S/C11H12ClNO/c1-6-7(2)14-8(3)9-4-5-10(12)13-11(6)9/h4-7H,3H2,1-2H3/t6-,7-/m1/s1. The number of fused-ring (bicyclic) bond motifs is 1. The van der Waals surface area contributed by atoms with Gasteiger partial charge in [0.2, 0.25) is 0 Å². The van der Waals surface area contributed by atoms with E-state index >= 15 is 0 Å². The first-order valence-corrected chi connectivity index (χ1v) is 4.99. The van der Waals surface area contributed by atoms with Crippen LogP contribution in [0.4, 0.5) is 0 Å². The fourth-order valence-electron chi connectivity index (χ4n) is 1.65. The van der Waals surface area contributed by atoms with Crippen molar-refractivity contribution in [3.63, 3.8) is 0 Å². The third kappa shape index (κ3) is 1.40. The van der Waals surface area contributed by atoms with Crippen LogP contribution in [0.2, 0.25) is 5.15 Å². The number of rotatable bonds is 0. The molecule has 1 aromatic heterocycles. The van der Waals surface area contributed by atoms with Gasteiger partial charge in [-0.25, -0.2) is 4.98 Å². The number of hydrogen-bond acceptors (Lipinski definition) is 2. The Morgan fingerprint density at radius 1 is 1.43 bits per heavy atom. The van der Waals surface area contributed by atoms with E-state index < -0.39 is 0 Å². The molecule has 0 amide bonds. The van der Waals surface area contributed by atoms with E-state index in [1.807, 2.05) is 13.0 Å². The van der Waals surface area contributed by atoms with Crippen LogP contribution in [0.15, 0.2) is 18.7 Å². The maximum absolute atomic E-state index is 5.86. The molecule has 0 saturated carbocycles. The van der Waals surface area contributed by atoms with Gasteiger partial charge in [-0.05, 0) is 19.1 Å². The molecule has 14 heavy (non-hydrogen) atoms. The molecule has 0 fully saturated rings. The number of hydrogen-bond donors (Lipinski definition) is 0. The lowest BCUT2D eigenvalue weighted by Crippen LogP contribution is -2.23. The van der Waals surface area contributed by atoms with Crippen molar-refractivity contribution in [3.8, 4) is 0 Å². The summed E-state index contributed by atoms with van der Waals surface area (Å²) in [6.45, 7) is 7.96. The van der Waals surface area contributed by atoms with Crippen LogP contribution in [-0.4, -0.2) is 11.1 Å². The van der Waals surface area contributed by atoms with Crippen molar-refractivity contribution in [2.24, 2.45) is 0 Å². The normalized spacial score (nSPS) is 25.5. The van der Waals surface area contributed by atoms with Gasteiger partial charge in [0, 0.05) is 11.5 Å². The van der Waals surface area contributed by atoms with Crippen molar-refractivity contribution in [3.05, 3.63) is 35.1 Å². The van der Waals surface area contributed by atoms with Crippen LogP contribution in [0, 0.1) is 0 Å². The van der Waals surface area contributed by atoms with Gasteiger partial charge < -0.3 is 4.74 Å². The second-order valence-electron chi connectivity index (χ2n) is 3.60. The molecule has 0 saturated heterocycles. The first kappa shape index (κ1) is 9.53. The highest BCUT2D eigenvalue weighted by Crippen LogP contribution is 2.35. The lowest BCUT2D eigenvalue weighted by molar-refractivity contribution is 0.148. The summed E-state index contributed by atoms with van der Waals surface area (Å²) in [5.74, 6) is 0.948. The van der Waals surface area contributed by atoms with Crippen LogP contribution in [0.5, 0.6) is 0 Å².